The highest BCUT2D eigenvalue weighted by molar-refractivity contribution is 5.70. The van der Waals surface area contributed by atoms with Crippen LogP contribution in [0.15, 0.2) is 0 Å². The van der Waals surface area contributed by atoms with Crippen LogP contribution in [-0.4, -0.2) is 34.3 Å². The predicted octanol–water partition coefficient (Wildman–Crippen LogP) is 1.12. The molecule has 0 spiro atoms. The van der Waals surface area contributed by atoms with Gasteiger partial charge in [0, 0.05) is 0 Å². The summed E-state index contributed by atoms with van der Waals surface area (Å²) in [5.74, 6) is -1.16. The van der Waals surface area contributed by atoms with Gasteiger partial charge in [-0.1, -0.05) is 25.7 Å². The molecule has 5 heteroatoms. The van der Waals surface area contributed by atoms with E-state index < -0.39 is 11.9 Å². The molecule has 1 atom stereocenters. The van der Waals surface area contributed by atoms with Crippen LogP contribution in [0, 0.1) is 11.8 Å². The van der Waals surface area contributed by atoms with Gasteiger partial charge in [-0.25, -0.2) is 5.06 Å². The van der Waals surface area contributed by atoms with Crippen molar-refractivity contribution in [3.63, 3.8) is 0 Å². The van der Waals surface area contributed by atoms with Gasteiger partial charge >= 0.3 is 5.97 Å². The Hall–Kier alpha value is -1.10. The lowest BCUT2D eigenvalue weighted by atomic mass is 9.93. The molecule has 1 saturated carbocycles. The van der Waals surface area contributed by atoms with Crippen LogP contribution in [0.3, 0.4) is 0 Å². The highest BCUT2D eigenvalue weighted by atomic mass is 16.5. The molecule has 2 N–H and O–H groups in total. The lowest BCUT2D eigenvalue weighted by Gasteiger charge is -2.19. The summed E-state index contributed by atoms with van der Waals surface area (Å²) >= 11 is 0. The minimum Gasteiger partial charge on any atom is -0.481 e. The Morgan fingerprint density at radius 2 is 2.07 bits per heavy atom. The molecule has 1 rings (SSSR count). The highest BCUT2D eigenvalue weighted by Crippen LogP contribution is 2.30. The van der Waals surface area contributed by atoms with Crippen LogP contribution >= 0.6 is 0 Å². The number of carboxylic acids is 1. The Labute approximate surface area is 88.6 Å². The van der Waals surface area contributed by atoms with Gasteiger partial charge in [0.15, 0.2) is 0 Å². The van der Waals surface area contributed by atoms with Gasteiger partial charge in [-0.05, 0) is 12.3 Å². The van der Waals surface area contributed by atoms with Crippen molar-refractivity contribution in [1.82, 2.24) is 5.06 Å². The predicted molar refractivity (Wildman–Crippen MR) is 52.3 cm³/mol. The van der Waals surface area contributed by atoms with Gasteiger partial charge in [0.1, 0.15) is 0 Å². The van der Waals surface area contributed by atoms with Crippen LogP contribution in [-0.2, 0) is 9.59 Å². The molecule has 0 saturated heterocycles. The maximum Gasteiger partial charge on any atom is 0.308 e. The molecule has 1 amide bonds. The van der Waals surface area contributed by atoms with Gasteiger partial charge in [0.25, 0.3) is 0 Å². The highest BCUT2D eigenvalue weighted by Gasteiger charge is 2.26. The molecule has 1 fully saturated rings. The largest absolute Gasteiger partial charge is 0.481 e. The Bertz CT molecular complexity index is 225. The molecule has 15 heavy (non-hydrogen) atoms. The Balaban J connectivity index is 2.42. The first kappa shape index (κ1) is 12.0. The Morgan fingerprint density at radius 3 is 2.53 bits per heavy atom. The number of carbonyl (C=O) groups excluding carboxylic acids is 1. The van der Waals surface area contributed by atoms with E-state index in [0.29, 0.717) is 17.4 Å². The van der Waals surface area contributed by atoms with Crippen molar-refractivity contribution >= 4 is 12.4 Å². The van der Waals surface area contributed by atoms with Crippen molar-refractivity contribution < 1.29 is 19.9 Å². The second-order valence-corrected chi connectivity index (χ2v) is 4.15. The van der Waals surface area contributed by atoms with Crippen molar-refractivity contribution in [3.05, 3.63) is 0 Å². The molecule has 0 bridgehead atoms. The number of hydrogen-bond acceptors (Lipinski definition) is 3. The number of carboxylic acid groups (broad SMARTS) is 1. The molecule has 0 aliphatic heterocycles. The minimum atomic E-state index is -0.942. The lowest BCUT2D eigenvalue weighted by molar-refractivity contribution is -0.159. The first-order chi connectivity index (χ1) is 7.13. The summed E-state index contributed by atoms with van der Waals surface area (Å²) in [6.45, 7) is -0.116. The number of hydroxylamine groups is 2. The maximum atomic E-state index is 10.9. The van der Waals surface area contributed by atoms with Crippen molar-refractivity contribution in [2.75, 3.05) is 6.54 Å². The molecule has 0 aromatic heterocycles. The fourth-order valence-corrected chi connectivity index (χ4v) is 2.17. The molecule has 5 nitrogen and oxygen atoms in total. The molecule has 86 valence electrons. The first-order valence-electron chi connectivity index (χ1n) is 5.27. The number of aliphatic carboxylic acids is 1. The van der Waals surface area contributed by atoms with Crippen molar-refractivity contribution in [2.24, 2.45) is 11.8 Å². The smallest absolute Gasteiger partial charge is 0.308 e. The molecular formula is C10H17NO4. The summed E-state index contributed by atoms with van der Waals surface area (Å²) in [5, 5.41) is 18.3. The molecule has 1 aliphatic carbocycles. The third-order valence-corrected chi connectivity index (χ3v) is 2.97. The number of hydrogen-bond donors (Lipinski definition) is 2. The summed E-state index contributed by atoms with van der Waals surface area (Å²) in [5.41, 5.74) is 0. The third-order valence-electron chi connectivity index (χ3n) is 2.97. The topological polar surface area (TPSA) is 77.8 Å². The van der Waals surface area contributed by atoms with Gasteiger partial charge in [0.2, 0.25) is 6.41 Å². The van der Waals surface area contributed by atoms with E-state index in [1.807, 2.05) is 0 Å². The van der Waals surface area contributed by atoms with Crippen LogP contribution in [0.25, 0.3) is 0 Å². The third kappa shape index (κ3) is 3.87. The van der Waals surface area contributed by atoms with Crippen molar-refractivity contribution in [2.45, 2.75) is 32.1 Å². The SMILES string of the molecule is O=CN(O)C[C@@H](CC1CCCC1)C(=O)O. The van der Waals surface area contributed by atoms with E-state index in [9.17, 15) is 9.59 Å². The number of amides is 1. The van der Waals surface area contributed by atoms with Gasteiger partial charge in [-0.15, -0.1) is 0 Å². The molecule has 0 unspecified atom stereocenters. The molecule has 0 aromatic rings. The summed E-state index contributed by atoms with van der Waals surface area (Å²) in [6.07, 6.45) is 5.25. The van der Waals surface area contributed by atoms with Gasteiger partial charge in [-0.3, -0.25) is 14.8 Å². The van der Waals surface area contributed by atoms with E-state index in [0.717, 1.165) is 25.7 Å². The van der Waals surface area contributed by atoms with Crippen LogP contribution in [0.2, 0.25) is 0 Å². The van der Waals surface area contributed by atoms with E-state index in [1.165, 1.54) is 0 Å². The summed E-state index contributed by atoms with van der Waals surface area (Å²) < 4.78 is 0. The second-order valence-electron chi connectivity index (χ2n) is 4.15. The summed E-state index contributed by atoms with van der Waals surface area (Å²) in [7, 11) is 0. The maximum absolute atomic E-state index is 10.9. The Morgan fingerprint density at radius 1 is 1.47 bits per heavy atom. The summed E-state index contributed by atoms with van der Waals surface area (Å²) in [4.78, 5) is 21.1. The van der Waals surface area contributed by atoms with Gasteiger partial charge < -0.3 is 5.11 Å². The first-order valence-corrected chi connectivity index (χ1v) is 5.27. The van der Waals surface area contributed by atoms with Crippen LogP contribution < -0.4 is 0 Å². The zero-order chi connectivity index (χ0) is 11.3. The van der Waals surface area contributed by atoms with Crippen LogP contribution in [0.5, 0.6) is 0 Å². The average molecular weight is 215 g/mol. The van der Waals surface area contributed by atoms with Gasteiger partial charge in [0.05, 0.1) is 12.5 Å². The average Bonchev–Trinajstić information content (AvgIpc) is 2.69. The number of nitrogens with zero attached hydrogens (tertiary/aromatic N) is 1. The van der Waals surface area contributed by atoms with Gasteiger partial charge in [-0.2, -0.15) is 0 Å². The number of rotatable bonds is 6. The van der Waals surface area contributed by atoms with Crippen LogP contribution in [0.1, 0.15) is 32.1 Å². The minimum absolute atomic E-state index is 0.116. The molecule has 1 aliphatic rings. The van der Waals surface area contributed by atoms with Crippen molar-refractivity contribution in [1.29, 1.82) is 0 Å². The second kappa shape index (κ2) is 5.70. The summed E-state index contributed by atoms with van der Waals surface area (Å²) in [6, 6.07) is 0. The van der Waals surface area contributed by atoms with E-state index in [-0.39, 0.29) is 13.0 Å². The fraction of sp³-hybridized carbons (Fsp3) is 0.800. The van der Waals surface area contributed by atoms with E-state index in [1.54, 1.807) is 0 Å². The van der Waals surface area contributed by atoms with E-state index in [4.69, 9.17) is 10.3 Å². The quantitative estimate of drug-likeness (QED) is 0.395. The standard InChI is InChI=1S/C10H17NO4/c12-7-11(15)6-9(10(13)14)5-8-3-1-2-4-8/h7-9,15H,1-6H2,(H,13,14)/t9-/m1/s1. The fourth-order valence-electron chi connectivity index (χ4n) is 2.17. The van der Waals surface area contributed by atoms with Crippen LogP contribution in [0.4, 0.5) is 0 Å². The molecule has 0 radical (unpaired) electrons. The van der Waals surface area contributed by atoms with Crippen molar-refractivity contribution in [3.8, 4) is 0 Å². The normalized spacial score (nSPS) is 18.7. The number of carbonyl (C=O) groups is 2. The molecule has 0 aromatic carbocycles. The zero-order valence-electron chi connectivity index (χ0n) is 8.63. The molecular weight excluding hydrogens is 198 g/mol. The van der Waals surface area contributed by atoms with E-state index in [2.05, 4.69) is 0 Å². The monoisotopic (exact) mass is 215 g/mol. The molecule has 0 heterocycles. The Kier molecular flexibility index (Phi) is 4.55. The lowest BCUT2D eigenvalue weighted by Crippen LogP contribution is -2.31. The zero-order valence-corrected chi connectivity index (χ0v) is 8.63. The van der Waals surface area contributed by atoms with E-state index >= 15 is 0 Å².